The number of pyridine rings is 1. The van der Waals surface area contributed by atoms with Gasteiger partial charge in [-0.15, -0.1) is 0 Å². The van der Waals surface area contributed by atoms with E-state index in [1.54, 1.807) is 12.4 Å². The number of rotatable bonds is 6. The predicted octanol–water partition coefficient (Wildman–Crippen LogP) is 1.60. The molecule has 3 aromatic rings. The van der Waals surface area contributed by atoms with Crippen LogP contribution >= 0.6 is 0 Å². The van der Waals surface area contributed by atoms with Crippen LogP contribution in [-0.2, 0) is 19.5 Å². The molecule has 0 amide bonds. The number of aromatic nitrogens is 3. The summed E-state index contributed by atoms with van der Waals surface area (Å²) >= 11 is 0. The van der Waals surface area contributed by atoms with Gasteiger partial charge in [0.1, 0.15) is 5.52 Å². The maximum Gasteiger partial charge on any atom is 0.211 e. The van der Waals surface area contributed by atoms with E-state index < -0.39 is 10.0 Å². The van der Waals surface area contributed by atoms with Crippen molar-refractivity contribution in [3.63, 3.8) is 0 Å². The van der Waals surface area contributed by atoms with Gasteiger partial charge in [-0.05, 0) is 18.2 Å². The number of ether oxygens (including phenoxy) is 2. The van der Waals surface area contributed by atoms with Crippen molar-refractivity contribution >= 4 is 32.6 Å². The van der Waals surface area contributed by atoms with E-state index in [1.807, 2.05) is 6.07 Å². The van der Waals surface area contributed by atoms with Crippen molar-refractivity contribution in [1.29, 1.82) is 0 Å². The summed E-state index contributed by atoms with van der Waals surface area (Å²) in [5.41, 5.74) is 4.31. The number of fused-ring (bicyclic) bond motifs is 1. The van der Waals surface area contributed by atoms with E-state index in [-0.39, 0.29) is 6.10 Å². The topological polar surface area (TPSA) is 110 Å². The molecule has 0 spiro atoms. The molecule has 34 heavy (non-hydrogen) atoms. The smallest absolute Gasteiger partial charge is 0.211 e. The molecule has 5 rings (SSSR count). The SMILES string of the molecule is CS(=O)(=O)N1CCO[C@H](CNc2nc(-c3ccc(N4CCOCC4)cc3)cc3nccnc23)C1. The maximum atomic E-state index is 11.9. The lowest BCUT2D eigenvalue weighted by Gasteiger charge is -2.31. The van der Waals surface area contributed by atoms with Crippen molar-refractivity contribution in [3.05, 3.63) is 42.7 Å². The van der Waals surface area contributed by atoms with Crippen molar-refractivity contribution < 1.29 is 17.9 Å². The third-order valence-corrected chi connectivity index (χ3v) is 7.33. The van der Waals surface area contributed by atoms with Crippen molar-refractivity contribution in [1.82, 2.24) is 19.3 Å². The second-order valence-corrected chi connectivity index (χ2v) is 10.4. The standard InChI is InChI=1S/C23H28N6O4S/c1-34(30,31)29-10-13-33-19(16-29)15-26-23-22-21(24-6-7-25-22)14-20(27-23)17-2-4-18(5-3-17)28-8-11-32-12-9-28/h2-7,14,19H,8-13,15-16H2,1H3,(H,26,27)/t19-/m1/s1. The molecule has 0 radical (unpaired) electrons. The van der Waals surface area contributed by atoms with Crippen LogP contribution in [-0.4, -0.2) is 92.6 Å². The molecule has 180 valence electrons. The summed E-state index contributed by atoms with van der Waals surface area (Å²) in [4.78, 5) is 16.1. The average Bonchev–Trinajstić information content (AvgIpc) is 2.87. The molecule has 2 fully saturated rings. The Morgan fingerprint density at radius 2 is 1.82 bits per heavy atom. The Labute approximate surface area is 199 Å². The monoisotopic (exact) mass is 484 g/mol. The van der Waals surface area contributed by atoms with E-state index >= 15 is 0 Å². The van der Waals surface area contributed by atoms with Gasteiger partial charge >= 0.3 is 0 Å². The third-order valence-electron chi connectivity index (χ3n) is 6.06. The molecule has 11 heteroatoms. The molecular weight excluding hydrogens is 456 g/mol. The molecule has 1 aromatic carbocycles. The van der Waals surface area contributed by atoms with Gasteiger partial charge in [0.05, 0.1) is 43.4 Å². The zero-order valence-corrected chi connectivity index (χ0v) is 19.9. The Bertz CT molecular complexity index is 1250. The molecule has 0 bridgehead atoms. The molecular formula is C23H28N6O4S. The van der Waals surface area contributed by atoms with Gasteiger partial charge in [-0.2, -0.15) is 4.31 Å². The van der Waals surface area contributed by atoms with E-state index in [4.69, 9.17) is 14.5 Å². The summed E-state index contributed by atoms with van der Waals surface area (Å²) in [5, 5.41) is 3.32. The second-order valence-electron chi connectivity index (χ2n) is 8.42. The molecule has 1 N–H and O–H groups in total. The van der Waals surface area contributed by atoms with Gasteiger partial charge < -0.3 is 19.7 Å². The highest BCUT2D eigenvalue weighted by atomic mass is 32.2. The lowest BCUT2D eigenvalue weighted by Crippen LogP contribution is -2.47. The van der Waals surface area contributed by atoms with Crippen molar-refractivity contribution in [3.8, 4) is 11.3 Å². The van der Waals surface area contributed by atoms with Gasteiger partial charge in [-0.25, -0.2) is 18.4 Å². The van der Waals surface area contributed by atoms with Crippen LogP contribution in [0.3, 0.4) is 0 Å². The van der Waals surface area contributed by atoms with E-state index in [0.717, 1.165) is 48.8 Å². The van der Waals surface area contributed by atoms with Crippen LogP contribution in [0.1, 0.15) is 0 Å². The molecule has 2 aliphatic heterocycles. The Morgan fingerprint density at radius 3 is 2.59 bits per heavy atom. The molecule has 1 atom stereocenters. The third kappa shape index (κ3) is 5.12. The van der Waals surface area contributed by atoms with Crippen LogP contribution in [0.25, 0.3) is 22.3 Å². The second kappa shape index (κ2) is 9.79. The number of hydrogen-bond acceptors (Lipinski definition) is 9. The van der Waals surface area contributed by atoms with E-state index in [1.165, 1.54) is 10.6 Å². The minimum Gasteiger partial charge on any atom is -0.378 e. The number of morpholine rings is 2. The Morgan fingerprint density at radius 1 is 1.06 bits per heavy atom. The fourth-order valence-corrected chi connectivity index (χ4v) is 5.08. The number of benzene rings is 1. The van der Waals surface area contributed by atoms with Crippen LogP contribution < -0.4 is 10.2 Å². The van der Waals surface area contributed by atoms with Gasteiger partial charge in [0.15, 0.2) is 5.82 Å². The number of nitrogens with one attached hydrogen (secondary N) is 1. The molecule has 0 aliphatic carbocycles. The lowest BCUT2D eigenvalue weighted by atomic mass is 10.1. The van der Waals surface area contributed by atoms with Crippen molar-refractivity contribution in [2.75, 3.05) is 69.0 Å². The fraction of sp³-hybridized carbons (Fsp3) is 0.435. The molecule has 4 heterocycles. The summed E-state index contributed by atoms with van der Waals surface area (Å²) in [6, 6.07) is 10.3. The first kappa shape index (κ1) is 22.9. The van der Waals surface area contributed by atoms with E-state index in [9.17, 15) is 8.42 Å². The number of anilines is 2. The highest BCUT2D eigenvalue weighted by Gasteiger charge is 2.26. The summed E-state index contributed by atoms with van der Waals surface area (Å²) in [6.45, 7) is 4.71. The highest BCUT2D eigenvalue weighted by Crippen LogP contribution is 2.27. The number of nitrogens with zero attached hydrogens (tertiary/aromatic N) is 5. The zero-order chi connectivity index (χ0) is 23.5. The first-order valence-corrected chi connectivity index (χ1v) is 13.2. The Balaban J connectivity index is 1.37. The Hall–Kier alpha value is -2.86. The normalized spacial score (nSPS) is 19.9. The first-order chi connectivity index (χ1) is 16.5. The maximum absolute atomic E-state index is 11.9. The van der Waals surface area contributed by atoms with E-state index in [2.05, 4.69) is 44.5 Å². The largest absolute Gasteiger partial charge is 0.378 e. The van der Waals surface area contributed by atoms with Crippen LogP contribution in [0, 0.1) is 0 Å². The summed E-state index contributed by atoms with van der Waals surface area (Å²) in [7, 11) is -3.25. The number of sulfonamides is 1. The van der Waals surface area contributed by atoms with Gasteiger partial charge in [0.2, 0.25) is 10.0 Å². The molecule has 2 aromatic heterocycles. The minimum atomic E-state index is -3.25. The van der Waals surface area contributed by atoms with Crippen LogP contribution in [0.5, 0.6) is 0 Å². The average molecular weight is 485 g/mol. The molecule has 10 nitrogen and oxygen atoms in total. The Kier molecular flexibility index (Phi) is 6.59. The lowest BCUT2D eigenvalue weighted by molar-refractivity contribution is 0.00702. The van der Waals surface area contributed by atoms with Gasteiger partial charge in [0, 0.05) is 56.4 Å². The molecule has 0 saturated carbocycles. The van der Waals surface area contributed by atoms with E-state index in [0.29, 0.717) is 37.6 Å². The highest BCUT2D eigenvalue weighted by molar-refractivity contribution is 7.88. The van der Waals surface area contributed by atoms with Crippen molar-refractivity contribution in [2.24, 2.45) is 0 Å². The predicted molar refractivity (Wildman–Crippen MR) is 130 cm³/mol. The van der Waals surface area contributed by atoms with Gasteiger partial charge in [0.25, 0.3) is 0 Å². The molecule has 2 aliphatic rings. The first-order valence-electron chi connectivity index (χ1n) is 11.3. The van der Waals surface area contributed by atoms with Gasteiger partial charge in [-0.1, -0.05) is 12.1 Å². The minimum absolute atomic E-state index is 0.284. The molecule has 2 saturated heterocycles. The van der Waals surface area contributed by atoms with Gasteiger partial charge in [-0.3, -0.25) is 4.98 Å². The van der Waals surface area contributed by atoms with Crippen LogP contribution in [0.4, 0.5) is 11.5 Å². The summed E-state index contributed by atoms with van der Waals surface area (Å²) < 4.78 is 36.5. The van der Waals surface area contributed by atoms with Crippen LogP contribution in [0.15, 0.2) is 42.7 Å². The molecule has 0 unspecified atom stereocenters. The summed E-state index contributed by atoms with van der Waals surface area (Å²) in [5.74, 6) is 0.595. The number of hydrogen-bond donors (Lipinski definition) is 1. The quantitative estimate of drug-likeness (QED) is 0.558. The fourth-order valence-electron chi connectivity index (χ4n) is 4.24. The van der Waals surface area contributed by atoms with Crippen molar-refractivity contribution in [2.45, 2.75) is 6.10 Å². The summed E-state index contributed by atoms with van der Waals surface area (Å²) in [6.07, 6.45) is 4.23. The van der Waals surface area contributed by atoms with Crippen LogP contribution in [0.2, 0.25) is 0 Å². The zero-order valence-electron chi connectivity index (χ0n) is 19.1.